The number of carbonyl (C=O) groups is 1. The highest BCUT2D eigenvalue weighted by Crippen LogP contribution is 2.31. The molecule has 200 valence electrons. The molecule has 0 saturated carbocycles. The van der Waals surface area contributed by atoms with Crippen molar-refractivity contribution in [2.75, 3.05) is 26.2 Å². The monoisotopic (exact) mass is 533 g/mol. The zero-order chi connectivity index (χ0) is 26.9. The van der Waals surface area contributed by atoms with Crippen LogP contribution in [0.2, 0.25) is 5.02 Å². The SMILES string of the molecule is CCCCn1cc(C(=O)c2ccc(OCCCN(CC)CC)cn2)c2cc(Oc3ccc(Cl)cc3)ccc21. The van der Waals surface area contributed by atoms with Crippen LogP contribution in [0.5, 0.6) is 17.2 Å². The van der Waals surface area contributed by atoms with Crippen LogP contribution >= 0.6 is 11.6 Å². The maximum Gasteiger partial charge on any atom is 0.213 e. The Morgan fingerprint density at radius 3 is 2.37 bits per heavy atom. The third-order valence-electron chi connectivity index (χ3n) is 6.65. The van der Waals surface area contributed by atoms with Gasteiger partial charge in [-0.25, -0.2) is 4.98 Å². The number of halogens is 1. The summed E-state index contributed by atoms with van der Waals surface area (Å²) in [5.74, 6) is 1.89. The molecule has 0 bridgehead atoms. The lowest BCUT2D eigenvalue weighted by molar-refractivity contribution is 0.103. The molecule has 2 aromatic carbocycles. The first kappa shape index (κ1) is 27.7. The highest BCUT2D eigenvalue weighted by molar-refractivity contribution is 6.30. The van der Waals surface area contributed by atoms with Gasteiger partial charge in [0.15, 0.2) is 0 Å². The van der Waals surface area contributed by atoms with Crippen LogP contribution in [0.25, 0.3) is 10.9 Å². The van der Waals surface area contributed by atoms with Gasteiger partial charge >= 0.3 is 0 Å². The maximum atomic E-state index is 13.6. The molecule has 0 fully saturated rings. The van der Waals surface area contributed by atoms with E-state index in [0.29, 0.717) is 40.1 Å². The van der Waals surface area contributed by atoms with Crippen LogP contribution in [0.1, 0.15) is 56.1 Å². The van der Waals surface area contributed by atoms with Crippen LogP contribution < -0.4 is 9.47 Å². The average molecular weight is 534 g/mol. The van der Waals surface area contributed by atoms with Gasteiger partial charge in [-0.1, -0.05) is 38.8 Å². The van der Waals surface area contributed by atoms with Gasteiger partial charge in [-0.3, -0.25) is 4.79 Å². The van der Waals surface area contributed by atoms with Gasteiger partial charge in [0.05, 0.1) is 12.8 Å². The third-order valence-corrected chi connectivity index (χ3v) is 6.90. The molecule has 0 aliphatic heterocycles. The summed E-state index contributed by atoms with van der Waals surface area (Å²) in [5, 5.41) is 1.49. The molecule has 2 heterocycles. The fourth-order valence-electron chi connectivity index (χ4n) is 4.43. The van der Waals surface area contributed by atoms with Crippen molar-refractivity contribution in [1.29, 1.82) is 0 Å². The molecule has 4 rings (SSSR count). The van der Waals surface area contributed by atoms with Crippen molar-refractivity contribution in [1.82, 2.24) is 14.5 Å². The molecular weight excluding hydrogens is 498 g/mol. The molecule has 6 nitrogen and oxygen atoms in total. The number of nitrogens with zero attached hydrogens (tertiary/aromatic N) is 3. The largest absolute Gasteiger partial charge is 0.492 e. The first-order chi connectivity index (χ1) is 18.5. The van der Waals surface area contributed by atoms with Crippen molar-refractivity contribution in [2.45, 2.75) is 46.6 Å². The molecule has 2 aromatic heterocycles. The van der Waals surface area contributed by atoms with Crippen LogP contribution in [-0.2, 0) is 6.54 Å². The Morgan fingerprint density at radius 1 is 0.947 bits per heavy atom. The quantitative estimate of drug-likeness (QED) is 0.123. The fourth-order valence-corrected chi connectivity index (χ4v) is 4.55. The lowest BCUT2D eigenvalue weighted by atomic mass is 10.1. The van der Waals surface area contributed by atoms with E-state index >= 15 is 0 Å². The van der Waals surface area contributed by atoms with Gasteiger partial charge in [-0.05, 0) is 80.5 Å². The second-order valence-electron chi connectivity index (χ2n) is 9.26. The molecular formula is C31H36ClN3O3. The van der Waals surface area contributed by atoms with Crippen molar-refractivity contribution in [3.63, 3.8) is 0 Å². The summed E-state index contributed by atoms with van der Waals surface area (Å²) in [6.45, 7) is 11.0. The van der Waals surface area contributed by atoms with Crippen LogP contribution in [0.3, 0.4) is 0 Å². The second kappa shape index (κ2) is 13.4. The smallest absolute Gasteiger partial charge is 0.213 e. The Morgan fingerprint density at radius 2 is 1.68 bits per heavy atom. The van der Waals surface area contributed by atoms with E-state index in [-0.39, 0.29) is 5.78 Å². The van der Waals surface area contributed by atoms with E-state index in [0.717, 1.165) is 56.3 Å². The van der Waals surface area contributed by atoms with E-state index in [1.54, 1.807) is 24.4 Å². The average Bonchev–Trinajstić information content (AvgIpc) is 3.31. The highest BCUT2D eigenvalue weighted by atomic mass is 35.5. The van der Waals surface area contributed by atoms with E-state index < -0.39 is 0 Å². The summed E-state index contributed by atoms with van der Waals surface area (Å²) in [7, 11) is 0. The molecule has 0 aliphatic rings. The Labute approximate surface area is 230 Å². The van der Waals surface area contributed by atoms with Gasteiger partial charge in [0.2, 0.25) is 5.78 Å². The number of unbranched alkanes of at least 4 members (excludes halogenated alkanes) is 1. The zero-order valence-electron chi connectivity index (χ0n) is 22.5. The summed E-state index contributed by atoms with van der Waals surface area (Å²) in [6.07, 6.45) is 6.61. The van der Waals surface area contributed by atoms with E-state index in [4.69, 9.17) is 21.1 Å². The number of hydrogen-bond donors (Lipinski definition) is 0. The van der Waals surface area contributed by atoms with E-state index in [9.17, 15) is 4.79 Å². The minimum Gasteiger partial charge on any atom is -0.492 e. The van der Waals surface area contributed by atoms with E-state index in [1.807, 2.05) is 42.6 Å². The topological polar surface area (TPSA) is 56.6 Å². The Hall–Kier alpha value is -3.35. The minimum atomic E-state index is -0.123. The minimum absolute atomic E-state index is 0.123. The molecule has 0 unspecified atom stereocenters. The van der Waals surface area contributed by atoms with Crippen molar-refractivity contribution in [3.8, 4) is 17.2 Å². The molecule has 0 radical (unpaired) electrons. The van der Waals surface area contributed by atoms with Crippen LogP contribution in [0, 0.1) is 0 Å². The number of rotatable bonds is 14. The maximum absolute atomic E-state index is 13.6. The molecule has 0 N–H and O–H groups in total. The van der Waals surface area contributed by atoms with Gasteiger partial charge in [-0.2, -0.15) is 0 Å². The summed E-state index contributed by atoms with van der Waals surface area (Å²) in [6, 6.07) is 16.6. The van der Waals surface area contributed by atoms with Crippen LogP contribution in [0.4, 0.5) is 0 Å². The Kier molecular flexibility index (Phi) is 9.79. The number of ether oxygens (including phenoxy) is 2. The molecule has 0 amide bonds. The zero-order valence-corrected chi connectivity index (χ0v) is 23.2. The molecule has 0 atom stereocenters. The molecule has 0 aliphatic carbocycles. The number of aryl methyl sites for hydroxylation is 1. The molecule has 7 heteroatoms. The number of fused-ring (bicyclic) bond motifs is 1. The standard InChI is InChI=1S/C31H36ClN3O3/c1-4-7-18-35-22-28(27-20-25(14-16-30(27)35)38-24-11-9-23(32)10-12-24)31(36)29-15-13-26(21-33-29)37-19-8-17-34(5-2)6-3/h9-16,20-22H,4-8,17-19H2,1-3H3. The lowest BCUT2D eigenvalue weighted by Crippen LogP contribution is -2.25. The second-order valence-corrected chi connectivity index (χ2v) is 9.70. The van der Waals surface area contributed by atoms with Gasteiger partial charge in [0, 0.05) is 40.8 Å². The first-order valence-corrected chi connectivity index (χ1v) is 13.8. The summed E-state index contributed by atoms with van der Waals surface area (Å²) < 4.78 is 14.0. The molecule has 4 aromatic rings. The normalized spacial score (nSPS) is 11.3. The van der Waals surface area contributed by atoms with E-state index in [2.05, 4.69) is 35.2 Å². The van der Waals surface area contributed by atoms with Crippen molar-refractivity contribution in [2.24, 2.45) is 0 Å². The molecule has 0 spiro atoms. The Balaban J connectivity index is 1.53. The molecule has 0 saturated heterocycles. The predicted octanol–water partition coefficient (Wildman–Crippen LogP) is 7.62. The number of benzene rings is 2. The summed E-state index contributed by atoms with van der Waals surface area (Å²) in [4.78, 5) is 20.4. The first-order valence-electron chi connectivity index (χ1n) is 13.4. The predicted molar refractivity (Wildman–Crippen MR) is 154 cm³/mol. The summed E-state index contributed by atoms with van der Waals surface area (Å²) in [5.41, 5.74) is 2.00. The van der Waals surface area contributed by atoms with Gasteiger partial charge in [0.1, 0.15) is 22.9 Å². The lowest BCUT2D eigenvalue weighted by Gasteiger charge is -2.17. The van der Waals surface area contributed by atoms with Crippen molar-refractivity contribution in [3.05, 3.63) is 83.3 Å². The number of aromatic nitrogens is 2. The number of ketones is 1. The van der Waals surface area contributed by atoms with Crippen LogP contribution in [0.15, 0.2) is 67.0 Å². The third kappa shape index (κ3) is 6.94. The highest BCUT2D eigenvalue weighted by Gasteiger charge is 2.19. The van der Waals surface area contributed by atoms with Crippen molar-refractivity contribution >= 4 is 28.3 Å². The molecule has 38 heavy (non-hydrogen) atoms. The van der Waals surface area contributed by atoms with Gasteiger partial charge < -0.3 is 18.9 Å². The summed E-state index contributed by atoms with van der Waals surface area (Å²) >= 11 is 6.00. The van der Waals surface area contributed by atoms with Gasteiger partial charge in [-0.15, -0.1) is 0 Å². The van der Waals surface area contributed by atoms with Gasteiger partial charge in [0.25, 0.3) is 0 Å². The van der Waals surface area contributed by atoms with Crippen molar-refractivity contribution < 1.29 is 14.3 Å². The van der Waals surface area contributed by atoms with Crippen LogP contribution in [-0.4, -0.2) is 46.5 Å². The number of carbonyl (C=O) groups excluding carboxylic acids is 1. The fraction of sp³-hybridized carbons (Fsp3) is 0.355. The number of pyridine rings is 1. The van der Waals surface area contributed by atoms with E-state index in [1.165, 1.54) is 0 Å². The number of hydrogen-bond acceptors (Lipinski definition) is 5. The Bertz CT molecular complexity index is 1330.